The number of halogens is 1. The van der Waals surface area contributed by atoms with Gasteiger partial charge in [-0.25, -0.2) is 0 Å². The molecule has 0 fully saturated rings. The van der Waals surface area contributed by atoms with Gasteiger partial charge in [0.1, 0.15) is 0 Å². The molecule has 0 saturated heterocycles. The van der Waals surface area contributed by atoms with E-state index in [1.807, 2.05) is 38.1 Å². The molecular formula is C12H17ClN2O. The molecule has 0 saturated carbocycles. The average Bonchev–Trinajstić information content (AvgIpc) is 2.26. The predicted molar refractivity (Wildman–Crippen MR) is 66.6 cm³/mol. The van der Waals surface area contributed by atoms with Crippen LogP contribution in [-0.4, -0.2) is 19.0 Å². The fourth-order valence-electron chi connectivity index (χ4n) is 1.39. The van der Waals surface area contributed by atoms with E-state index < -0.39 is 0 Å². The van der Waals surface area contributed by atoms with Crippen LogP contribution in [-0.2, 0) is 4.79 Å². The molecule has 3 nitrogen and oxygen atoms in total. The van der Waals surface area contributed by atoms with E-state index in [1.54, 1.807) is 0 Å². The van der Waals surface area contributed by atoms with Crippen molar-refractivity contribution in [1.82, 2.24) is 10.6 Å². The van der Waals surface area contributed by atoms with Gasteiger partial charge in [0.2, 0.25) is 5.91 Å². The first kappa shape index (κ1) is 13.0. The number of carbonyl (C=O) groups excluding carboxylic acids is 1. The van der Waals surface area contributed by atoms with Gasteiger partial charge >= 0.3 is 0 Å². The van der Waals surface area contributed by atoms with Gasteiger partial charge in [-0.05, 0) is 31.2 Å². The first-order valence-electron chi connectivity index (χ1n) is 5.39. The minimum absolute atomic E-state index is 0.00525. The summed E-state index contributed by atoms with van der Waals surface area (Å²) in [5.41, 5.74) is 1.01. The molecule has 0 unspecified atom stereocenters. The Bertz CT molecular complexity index is 355. The lowest BCUT2D eigenvalue weighted by Gasteiger charge is -2.14. The van der Waals surface area contributed by atoms with Gasteiger partial charge in [-0.15, -0.1) is 0 Å². The predicted octanol–water partition coefficient (Wildman–Crippen LogP) is 2.13. The molecule has 1 atom stereocenters. The summed E-state index contributed by atoms with van der Waals surface area (Å²) in [5.74, 6) is -0.00525. The van der Waals surface area contributed by atoms with Crippen LogP contribution in [0.4, 0.5) is 0 Å². The second-order valence-electron chi connectivity index (χ2n) is 3.62. The summed E-state index contributed by atoms with van der Waals surface area (Å²) in [4.78, 5) is 11.5. The Balaban J connectivity index is 2.52. The lowest BCUT2D eigenvalue weighted by molar-refractivity contribution is -0.120. The Morgan fingerprint density at radius 2 is 2.25 bits per heavy atom. The van der Waals surface area contributed by atoms with Crippen LogP contribution in [0.5, 0.6) is 0 Å². The van der Waals surface area contributed by atoms with Gasteiger partial charge in [-0.1, -0.05) is 30.7 Å². The SMILES string of the molecule is CCNCC(=O)N[C@H](C)c1cccc(Cl)c1. The summed E-state index contributed by atoms with van der Waals surface area (Å²) in [7, 11) is 0. The maximum Gasteiger partial charge on any atom is 0.234 e. The lowest BCUT2D eigenvalue weighted by Crippen LogP contribution is -2.35. The highest BCUT2D eigenvalue weighted by Crippen LogP contribution is 2.16. The van der Waals surface area contributed by atoms with Crippen molar-refractivity contribution < 1.29 is 4.79 Å². The summed E-state index contributed by atoms with van der Waals surface area (Å²) in [6.07, 6.45) is 0. The van der Waals surface area contributed by atoms with E-state index in [2.05, 4.69) is 10.6 Å². The van der Waals surface area contributed by atoms with Gasteiger partial charge in [0.15, 0.2) is 0 Å². The zero-order valence-corrected chi connectivity index (χ0v) is 10.3. The van der Waals surface area contributed by atoms with Crippen LogP contribution in [0.1, 0.15) is 25.5 Å². The maximum atomic E-state index is 11.5. The van der Waals surface area contributed by atoms with Gasteiger partial charge in [0, 0.05) is 5.02 Å². The third-order valence-corrected chi connectivity index (χ3v) is 2.50. The quantitative estimate of drug-likeness (QED) is 0.828. The number of amides is 1. The molecule has 0 aromatic heterocycles. The number of nitrogens with one attached hydrogen (secondary N) is 2. The topological polar surface area (TPSA) is 41.1 Å². The molecule has 1 aromatic carbocycles. The number of hydrogen-bond donors (Lipinski definition) is 2. The van der Waals surface area contributed by atoms with Crippen molar-refractivity contribution in [1.29, 1.82) is 0 Å². The molecule has 0 aliphatic carbocycles. The molecule has 0 bridgehead atoms. The molecule has 0 aliphatic heterocycles. The van der Waals surface area contributed by atoms with Gasteiger partial charge in [-0.3, -0.25) is 4.79 Å². The smallest absolute Gasteiger partial charge is 0.234 e. The minimum atomic E-state index is -0.0233. The van der Waals surface area contributed by atoms with Crippen molar-refractivity contribution in [3.05, 3.63) is 34.9 Å². The summed E-state index contributed by atoms with van der Waals surface area (Å²) < 4.78 is 0. The van der Waals surface area contributed by atoms with Crippen LogP contribution < -0.4 is 10.6 Å². The van der Waals surface area contributed by atoms with Gasteiger partial charge in [-0.2, -0.15) is 0 Å². The zero-order valence-electron chi connectivity index (χ0n) is 9.59. The molecule has 0 radical (unpaired) electrons. The van der Waals surface area contributed by atoms with Gasteiger partial charge < -0.3 is 10.6 Å². The largest absolute Gasteiger partial charge is 0.348 e. The van der Waals surface area contributed by atoms with E-state index in [0.717, 1.165) is 12.1 Å². The molecule has 0 heterocycles. The second kappa shape index (κ2) is 6.51. The molecule has 88 valence electrons. The van der Waals surface area contributed by atoms with Crippen molar-refractivity contribution >= 4 is 17.5 Å². The Morgan fingerprint density at radius 3 is 2.88 bits per heavy atom. The van der Waals surface area contributed by atoms with Crippen molar-refractivity contribution in [3.8, 4) is 0 Å². The van der Waals surface area contributed by atoms with E-state index in [4.69, 9.17) is 11.6 Å². The van der Waals surface area contributed by atoms with Crippen molar-refractivity contribution in [3.63, 3.8) is 0 Å². The molecule has 1 rings (SSSR count). The third kappa shape index (κ3) is 4.21. The highest BCUT2D eigenvalue weighted by molar-refractivity contribution is 6.30. The summed E-state index contributed by atoms with van der Waals surface area (Å²) in [5, 5.41) is 6.56. The zero-order chi connectivity index (χ0) is 12.0. The summed E-state index contributed by atoms with van der Waals surface area (Å²) >= 11 is 5.88. The standard InChI is InChI=1S/C12H17ClN2O/c1-3-14-8-12(16)15-9(2)10-5-4-6-11(13)7-10/h4-7,9,14H,3,8H2,1-2H3,(H,15,16)/t9-/m1/s1. The van der Waals surface area contributed by atoms with Crippen molar-refractivity contribution in [2.45, 2.75) is 19.9 Å². The van der Waals surface area contributed by atoms with E-state index >= 15 is 0 Å². The van der Waals surface area contributed by atoms with Crippen molar-refractivity contribution in [2.75, 3.05) is 13.1 Å². The van der Waals surface area contributed by atoms with Crippen LogP contribution in [0.3, 0.4) is 0 Å². The molecule has 4 heteroatoms. The monoisotopic (exact) mass is 240 g/mol. The normalized spacial score (nSPS) is 12.2. The van der Waals surface area contributed by atoms with Crippen LogP contribution in [0, 0.1) is 0 Å². The third-order valence-electron chi connectivity index (χ3n) is 2.26. The van der Waals surface area contributed by atoms with E-state index in [-0.39, 0.29) is 11.9 Å². The number of benzene rings is 1. The maximum absolute atomic E-state index is 11.5. The Morgan fingerprint density at radius 1 is 1.50 bits per heavy atom. The molecule has 0 spiro atoms. The van der Waals surface area contributed by atoms with E-state index in [0.29, 0.717) is 11.6 Å². The Labute approximate surface area is 101 Å². The van der Waals surface area contributed by atoms with Crippen molar-refractivity contribution in [2.24, 2.45) is 0 Å². The van der Waals surface area contributed by atoms with Crippen LogP contribution in [0.2, 0.25) is 5.02 Å². The number of carbonyl (C=O) groups is 1. The number of rotatable bonds is 5. The van der Waals surface area contributed by atoms with Gasteiger partial charge in [0.05, 0.1) is 12.6 Å². The molecule has 1 aromatic rings. The summed E-state index contributed by atoms with van der Waals surface area (Å²) in [6.45, 7) is 5.05. The highest BCUT2D eigenvalue weighted by atomic mass is 35.5. The highest BCUT2D eigenvalue weighted by Gasteiger charge is 2.08. The molecule has 16 heavy (non-hydrogen) atoms. The fourth-order valence-corrected chi connectivity index (χ4v) is 1.59. The van der Waals surface area contributed by atoms with E-state index in [1.165, 1.54) is 0 Å². The average molecular weight is 241 g/mol. The second-order valence-corrected chi connectivity index (χ2v) is 4.06. The van der Waals surface area contributed by atoms with Crippen LogP contribution in [0.25, 0.3) is 0 Å². The minimum Gasteiger partial charge on any atom is -0.348 e. The van der Waals surface area contributed by atoms with Gasteiger partial charge in [0.25, 0.3) is 0 Å². The summed E-state index contributed by atoms with van der Waals surface area (Å²) in [6, 6.07) is 7.48. The van der Waals surface area contributed by atoms with Crippen LogP contribution in [0.15, 0.2) is 24.3 Å². The van der Waals surface area contributed by atoms with Crippen LogP contribution >= 0.6 is 11.6 Å². The first-order chi connectivity index (χ1) is 7.63. The van der Waals surface area contributed by atoms with E-state index in [9.17, 15) is 4.79 Å². The lowest BCUT2D eigenvalue weighted by atomic mass is 10.1. The fraction of sp³-hybridized carbons (Fsp3) is 0.417. The molecular weight excluding hydrogens is 224 g/mol. The molecule has 1 amide bonds. The first-order valence-corrected chi connectivity index (χ1v) is 5.76. The Hall–Kier alpha value is -1.06. The Kier molecular flexibility index (Phi) is 5.29. The molecule has 2 N–H and O–H groups in total. The number of hydrogen-bond acceptors (Lipinski definition) is 2. The number of likely N-dealkylation sites (N-methyl/N-ethyl adjacent to an activating group) is 1. The molecule has 0 aliphatic rings.